The van der Waals surface area contributed by atoms with Crippen LogP contribution in [0.1, 0.15) is 17.5 Å². The lowest BCUT2D eigenvalue weighted by molar-refractivity contribution is -0.384. The number of nitrogens with zero attached hydrogens (tertiary/aromatic N) is 2. The van der Waals surface area contributed by atoms with Crippen molar-refractivity contribution in [2.24, 2.45) is 0 Å². The zero-order valence-electron chi connectivity index (χ0n) is 11.8. The number of hydrogen-bond acceptors (Lipinski definition) is 3. The van der Waals surface area contributed by atoms with Gasteiger partial charge in [0.25, 0.3) is 5.69 Å². The molecule has 1 aliphatic heterocycles. The Balaban J connectivity index is 1.92. The summed E-state index contributed by atoms with van der Waals surface area (Å²) in [5, 5.41) is 10.8. The standard InChI is InChI=1S/C16H14F2N2O2/c17-13-8-12-4-2-6-19(16(12)15(18)9-13)10-11-3-1-5-14(7-11)20(21)22/h1,3,5,7-9H,2,4,6,10H2. The number of nitro groups is 1. The Labute approximate surface area is 126 Å². The van der Waals surface area contributed by atoms with E-state index >= 15 is 0 Å². The minimum Gasteiger partial charge on any atom is -0.365 e. The molecule has 0 fully saturated rings. The third-order valence-corrected chi connectivity index (χ3v) is 3.79. The summed E-state index contributed by atoms with van der Waals surface area (Å²) in [4.78, 5) is 12.2. The zero-order chi connectivity index (χ0) is 15.7. The summed E-state index contributed by atoms with van der Waals surface area (Å²) in [5.74, 6) is -1.16. The van der Waals surface area contributed by atoms with Crippen LogP contribution in [0.25, 0.3) is 0 Å². The van der Waals surface area contributed by atoms with E-state index in [1.807, 2.05) is 4.90 Å². The highest BCUT2D eigenvalue weighted by molar-refractivity contribution is 5.57. The van der Waals surface area contributed by atoms with Gasteiger partial charge in [0.15, 0.2) is 0 Å². The van der Waals surface area contributed by atoms with Gasteiger partial charge in [0.2, 0.25) is 0 Å². The number of rotatable bonds is 3. The van der Waals surface area contributed by atoms with E-state index in [-0.39, 0.29) is 5.69 Å². The average Bonchev–Trinajstić information content (AvgIpc) is 2.47. The molecular weight excluding hydrogens is 290 g/mol. The van der Waals surface area contributed by atoms with Crippen LogP contribution in [0.3, 0.4) is 0 Å². The minimum absolute atomic E-state index is 0.00862. The maximum atomic E-state index is 14.1. The second-order valence-electron chi connectivity index (χ2n) is 5.35. The normalized spacial score (nSPS) is 13.8. The van der Waals surface area contributed by atoms with Crippen LogP contribution >= 0.6 is 0 Å². The van der Waals surface area contributed by atoms with Gasteiger partial charge in [-0.2, -0.15) is 0 Å². The van der Waals surface area contributed by atoms with Crippen molar-refractivity contribution in [2.45, 2.75) is 19.4 Å². The molecule has 2 aromatic carbocycles. The van der Waals surface area contributed by atoms with Crippen molar-refractivity contribution in [1.82, 2.24) is 0 Å². The molecule has 0 spiro atoms. The molecule has 0 saturated carbocycles. The van der Waals surface area contributed by atoms with Crippen LogP contribution in [0.4, 0.5) is 20.2 Å². The number of halogens is 2. The van der Waals surface area contributed by atoms with E-state index in [0.29, 0.717) is 30.8 Å². The monoisotopic (exact) mass is 304 g/mol. The van der Waals surface area contributed by atoms with Crippen LogP contribution in [-0.2, 0) is 13.0 Å². The Morgan fingerprint density at radius 2 is 2.05 bits per heavy atom. The van der Waals surface area contributed by atoms with E-state index in [0.717, 1.165) is 18.1 Å². The van der Waals surface area contributed by atoms with Gasteiger partial charge in [-0.25, -0.2) is 8.78 Å². The van der Waals surface area contributed by atoms with Crippen molar-refractivity contribution in [3.63, 3.8) is 0 Å². The summed E-state index contributed by atoms with van der Waals surface area (Å²) < 4.78 is 27.4. The molecule has 0 unspecified atom stereocenters. The molecular formula is C16H14F2N2O2. The number of anilines is 1. The average molecular weight is 304 g/mol. The Hall–Kier alpha value is -2.50. The highest BCUT2D eigenvalue weighted by atomic mass is 19.1. The smallest absolute Gasteiger partial charge is 0.269 e. The van der Waals surface area contributed by atoms with Gasteiger partial charge >= 0.3 is 0 Å². The molecule has 0 saturated heterocycles. The van der Waals surface area contributed by atoms with Gasteiger partial charge in [-0.05, 0) is 30.0 Å². The quantitative estimate of drug-likeness (QED) is 0.639. The van der Waals surface area contributed by atoms with Crippen LogP contribution in [0.5, 0.6) is 0 Å². The summed E-state index contributed by atoms with van der Waals surface area (Å²) in [6, 6.07) is 8.52. The third-order valence-electron chi connectivity index (χ3n) is 3.79. The van der Waals surface area contributed by atoms with Gasteiger partial charge < -0.3 is 4.90 Å². The molecule has 0 atom stereocenters. The number of non-ortho nitro benzene ring substituents is 1. The number of aryl methyl sites for hydroxylation is 1. The maximum absolute atomic E-state index is 14.1. The Morgan fingerprint density at radius 3 is 2.82 bits per heavy atom. The van der Waals surface area contributed by atoms with E-state index in [4.69, 9.17) is 0 Å². The summed E-state index contributed by atoms with van der Waals surface area (Å²) in [6.07, 6.45) is 1.43. The molecule has 3 rings (SSSR count). The predicted octanol–water partition coefficient (Wildman–Crippen LogP) is 3.83. The Kier molecular flexibility index (Phi) is 3.75. The predicted molar refractivity (Wildman–Crippen MR) is 78.8 cm³/mol. The molecule has 0 radical (unpaired) electrons. The lowest BCUT2D eigenvalue weighted by Crippen LogP contribution is -2.30. The summed E-state index contributed by atoms with van der Waals surface area (Å²) >= 11 is 0. The first-order chi connectivity index (χ1) is 10.5. The Morgan fingerprint density at radius 1 is 1.23 bits per heavy atom. The maximum Gasteiger partial charge on any atom is 0.269 e. The van der Waals surface area contributed by atoms with Crippen LogP contribution in [0, 0.1) is 21.7 Å². The van der Waals surface area contributed by atoms with Gasteiger partial charge in [-0.3, -0.25) is 10.1 Å². The minimum atomic E-state index is -0.583. The largest absolute Gasteiger partial charge is 0.365 e. The summed E-state index contributed by atoms with van der Waals surface area (Å²) in [7, 11) is 0. The lowest BCUT2D eigenvalue weighted by Gasteiger charge is -2.31. The molecule has 2 aromatic rings. The van der Waals surface area contributed by atoms with E-state index in [9.17, 15) is 18.9 Å². The van der Waals surface area contributed by atoms with Gasteiger partial charge in [-0.1, -0.05) is 12.1 Å². The van der Waals surface area contributed by atoms with Gasteiger partial charge in [0, 0.05) is 31.3 Å². The SMILES string of the molecule is O=[N+]([O-])c1cccc(CN2CCCc3cc(F)cc(F)c32)c1. The molecule has 0 amide bonds. The lowest BCUT2D eigenvalue weighted by atomic mass is 10.0. The molecule has 1 aliphatic rings. The van der Waals surface area contributed by atoms with Gasteiger partial charge in [0.1, 0.15) is 11.6 Å². The van der Waals surface area contributed by atoms with Crippen molar-refractivity contribution in [3.8, 4) is 0 Å². The third kappa shape index (κ3) is 2.77. The molecule has 6 heteroatoms. The highest BCUT2D eigenvalue weighted by Crippen LogP contribution is 2.32. The van der Waals surface area contributed by atoms with Crippen molar-refractivity contribution in [2.75, 3.05) is 11.4 Å². The first-order valence-electron chi connectivity index (χ1n) is 7.01. The van der Waals surface area contributed by atoms with Crippen LogP contribution in [0.2, 0.25) is 0 Å². The molecule has 114 valence electrons. The fourth-order valence-corrected chi connectivity index (χ4v) is 2.88. The molecule has 0 bridgehead atoms. The topological polar surface area (TPSA) is 46.4 Å². The molecule has 0 aliphatic carbocycles. The zero-order valence-corrected chi connectivity index (χ0v) is 11.8. The number of fused-ring (bicyclic) bond motifs is 1. The first-order valence-corrected chi connectivity index (χ1v) is 7.01. The fourth-order valence-electron chi connectivity index (χ4n) is 2.88. The molecule has 0 aromatic heterocycles. The molecule has 0 N–H and O–H groups in total. The van der Waals surface area contributed by atoms with E-state index in [2.05, 4.69) is 0 Å². The van der Waals surface area contributed by atoms with Crippen molar-refractivity contribution in [1.29, 1.82) is 0 Å². The van der Waals surface area contributed by atoms with E-state index < -0.39 is 16.6 Å². The van der Waals surface area contributed by atoms with Gasteiger partial charge in [0.05, 0.1) is 10.6 Å². The summed E-state index contributed by atoms with van der Waals surface area (Å²) in [6.45, 7) is 0.996. The van der Waals surface area contributed by atoms with Crippen LogP contribution < -0.4 is 4.90 Å². The molecule has 4 nitrogen and oxygen atoms in total. The highest BCUT2D eigenvalue weighted by Gasteiger charge is 2.22. The number of benzene rings is 2. The van der Waals surface area contributed by atoms with E-state index in [1.165, 1.54) is 18.2 Å². The second-order valence-corrected chi connectivity index (χ2v) is 5.35. The second kappa shape index (κ2) is 5.71. The van der Waals surface area contributed by atoms with Crippen molar-refractivity contribution in [3.05, 3.63) is 69.3 Å². The fraction of sp³-hybridized carbons (Fsp3) is 0.250. The van der Waals surface area contributed by atoms with Gasteiger partial charge in [-0.15, -0.1) is 0 Å². The first kappa shape index (κ1) is 14.4. The van der Waals surface area contributed by atoms with Crippen LogP contribution in [-0.4, -0.2) is 11.5 Å². The number of hydrogen-bond donors (Lipinski definition) is 0. The Bertz CT molecular complexity index is 734. The molecule has 1 heterocycles. The molecule has 22 heavy (non-hydrogen) atoms. The van der Waals surface area contributed by atoms with Crippen molar-refractivity contribution < 1.29 is 13.7 Å². The van der Waals surface area contributed by atoms with E-state index in [1.54, 1.807) is 12.1 Å². The van der Waals surface area contributed by atoms with Crippen LogP contribution in [0.15, 0.2) is 36.4 Å². The van der Waals surface area contributed by atoms with Crippen molar-refractivity contribution >= 4 is 11.4 Å². The summed E-state index contributed by atoms with van der Waals surface area (Å²) in [5.41, 5.74) is 1.79. The number of nitro benzene ring substituents is 1.